The van der Waals surface area contributed by atoms with Crippen molar-refractivity contribution in [2.75, 3.05) is 12.4 Å². The number of ether oxygens (including phenoxy) is 1. The number of rotatable bonds is 3. The van der Waals surface area contributed by atoms with Crippen LogP contribution in [-0.4, -0.2) is 19.0 Å². The number of amides is 1. The quantitative estimate of drug-likeness (QED) is 0.491. The summed E-state index contributed by atoms with van der Waals surface area (Å²) >= 11 is 0. The molecule has 150 valence electrons. The third-order valence-corrected chi connectivity index (χ3v) is 5.76. The molecule has 0 atom stereocenters. The van der Waals surface area contributed by atoms with E-state index in [2.05, 4.69) is 17.4 Å². The summed E-state index contributed by atoms with van der Waals surface area (Å²) in [5.74, 6) is 1.05. The van der Waals surface area contributed by atoms with Crippen LogP contribution in [0.2, 0.25) is 0 Å². The summed E-state index contributed by atoms with van der Waals surface area (Å²) in [5.41, 5.74) is 5.62. The Labute approximate surface area is 174 Å². The number of carbonyl (C=O) groups excluding carboxylic acids is 2. The van der Waals surface area contributed by atoms with E-state index in [1.165, 1.54) is 12.7 Å². The minimum Gasteiger partial charge on any atom is -0.465 e. The van der Waals surface area contributed by atoms with Crippen molar-refractivity contribution in [3.05, 3.63) is 76.7 Å². The molecule has 0 saturated heterocycles. The SMILES string of the molecule is COC(=O)c1ccc2c(c1)C(=Cc1oc3c(c1-c1ccccc1)CCCC3)C(=O)N2. The summed E-state index contributed by atoms with van der Waals surface area (Å²) in [5, 5.41) is 2.87. The average Bonchev–Trinajstić information content (AvgIpc) is 3.30. The molecule has 2 aromatic carbocycles. The van der Waals surface area contributed by atoms with Gasteiger partial charge in [0.1, 0.15) is 11.5 Å². The van der Waals surface area contributed by atoms with Crippen LogP contribution in [0.3, 0.4) is 0 Å². The van der Waals surface area contributed by atoms with E-state index < -0.39 is 5.97 Å². The Hall–Kier alpha value is -3.60. The first kappa shape index (κ1) is 18.4. The van der Waals surface area contributed by atoms with Crippen molar-refractivity contribution in [2.24, 2.45) is 0 Å². The number of esters is 1. The zero-order chi connectivity index (χ0) is 20.7. The number of nitrogens with one attached hydrogen (secondary N) is 1. The van der Waals surface area contributed by atoms with Gasteiger partial charge in [-0.1, -0.05) is 30.3 Å². The van der Waals surface area contributed by atoms with Crippen LogP contribution in [-0.2, 0) is 22.4 Å². The Morgan fingerprint density at radius 1 is 1.10 bits per heavy atom. The molecule has 5 nitrogen and oxygen atoms in total. The van der Waals surface area contributed by atoms with Crippen LogP contribution in [0.5, 0.6) is 0 Å². The number of anilines is 1. The summed E-state index contributed by atoms with van der Waals surface area (Å²) < 4.78 is 11.1. The fourth-order valence-corrected chi connectivity index (χ4v) is 4.32. The number of furan rings is 1. The molecule has 0 fully saturated rings. The molecule has 1 N–H and O–H groups in total. The van der Waals surface area contributed by atoms with Crippen LogP contribution in [0.25, 0.3) is 22.8 Å². The van der Waals surface area contributed by atoms with E-state index in [4.69, 9.17) is 9.15 Å². The van der Waals surface area contributed by atoms with Gasteiger partial charge in [-0.2, -0.15) is 0 Å². The number of fused-ring (bicyclic) bond motifs is 2. The summed E-state index contributed by atoms with van der Waals surface area (Å²) in [6.45, 7) is 0. The van der Waals surface area contributed by atoms with Gasteiger partial charge in [-0.05, 0) is 49.1 Å². The Morgan fingerprint density at radius 3 is 2.70 bits per heavy atom. The summed E-state index contributed by atoms with van der Waals surface area (Å²) in [6.07, 6.45) is 5.93. The van der Waals surface area contributed by atoms with Crippen LogP contribution < -0.4 is 5.32 Å². The molecule has 1 aromatic heterocycles. The number of hydrogen-bond acceptors (Lipinski definition) is 4. The predicted octanol–water partition coefficient (Wildman–Crippen LogP) is 5.10. The third-order valence-electron chi connectivity index (χ3n) is 5.76. The number of carbonyl (C=O) groups is 2. The normalized spacial score (nSPS) is 16.2. The second-order valence-corrected chi connectivity index (χ2v) is 7.58. The summed E-state index contributed by atoms with van der Waals surface area (Å²) in [4.78, 5) is 24.7. The fourth-order valence-electron chi connectivity index (χ4n) is 4.32. The van der Waals surface area contributed by atoms with Gasteiger partial charge in [-0.3, -0.25) is 4.79 Å². The number of hydrogen-bond donors (Lipinski definition) is 1. The van der Waals surface area contributed by atoms with Crippen molar-refractivity contribution >= 4 is 29.2 Å². The van der Waals surface area contributed by atoms with Crippen LogP contribution in [0, 0.1) is 0 Å². The molecule has 2 aliphatic rings. The molecular weight excluding hydrogens is 378 g/mol. The van der Waals surface area contributed by atoms with Gasteiger partial charge in [0.15, 0.2) is 0 Å². The van der Waals surface area contributed by atoms with E-state index in [9.17, 15) is 9.59 Å². The zero-order valence-corrected chi connectivity index (χ0v) is 16.7. The minimum absolute atomic E-state index is 0.208. The van der Waals surface area contributed by atoms with E-state index in [-0.39, 0.29) is 5.91 Å². The smallest absolute Gasteiger partial charge is 0.337 e. The molecule has 1 aliphatic carbocycles. The van der Waals surface area contributed by atoms with Gasteiger partial charge in [0.2, 0.25) is 0 Å². The van der Waals surface area contributed by atoms with E-state index >= 15 is 0 Å². The highest BCUT2D eigenvalue weighted by Gasteiger charge is 2.28. The zero-order valence-electron chi connectivity index (χ0n) is 16.7. The van der Waals surface area contributed by atoms with Crippen molar-refractivity contribution < 1.29 is 18.7 Å². The maximum absolute atomic E-state index is 12.7. The molecule has 3 aromatic rings. The lowest BCUT2D eigenvalue weighted by atomic mass is 9.91. The largest absolute Gasteiger partial charge is 0.465 e. The molecule has 0 saturated carbocycles. The standard InChI is InChI=1S/C25H21NO4/c1-29-25(28)16-11-12-20-18(13-16)19(24(27)26-20)14-22-23(15-7-3-2-4-8-15)17-9-5-6-10-21(17)30-22/h2-4,7-8,11-14H,5-6,9-10H2,1H3,(H,26,27). The molecule has 1 aliphatic heterocycles. The lowest BCUT2D eigenvalue weighted by Crippen LogP contribution is -2.03. The number of methoxy groups -OCH3 is 1. The van der Waals surface area contributed by atoms with Crippen molar-refractivity contribution in [3.63, 3.8) is 0 Å². The Kier molecular flexibility index (Phi) is 4.51. The molecule has 5 heteroatoms. The van der Waals surface area contributed by atoms with Gasteiger partial charge in [0.05, 0.1) is 18.2 Å². The van der Waals surface area contributed by atoms with Crippen molar-refractivity contribution in [2.45, 2.75) is 25.7 Å². The highest BCUT2D eigenvalue weighted by molar-refractivity contribution is 6.35. The molecular formula is C25H21NO4. The number of benzene rings is 2. The molecule has 0 spiro atoms. The molecule has 1 amide bonds. The van der Waals surface area contributed by atoms with Crippen LogP contribution >= 0.6 is 0 Å². The minimum atomic E-state index is -0.435. The van der Waals surface area contributed by atoms with Crippen molar-refractivity contribution in [1.82, 2.24) is 0 Å². The fraction of sp³-hybridized carbons (Fsp3) is 0.200. The second kappa shape index (κ2) is 7.34. The van der Waals surface area contributed by atoms with Crippen molar-refractivity contribution in [3.8, 4) is 11.1 Å². The third kappa shape index (κ3) is 3.03. The van der Waals surface area contributed by atoms with Gasteiger partial charge in [-0.25, -0.2) is 4.79 Å². The van der Waals surface area contributed by atoms with Crippen LogP contribution in [0.4, 0.5) is 5.69 Å². The Balaban J connectivity index is 1.67. The first-order valence-electron chi connectivity index (χ1n) is 10.1. The van der Waals surface area contributed by atoms with E-state index in [1.54, 1.807) is 18.2 Å². The lowest BCUT2D eigenvalue weighted by Gasteiger charge is -2.11. The topological polar surface area (TPSA) is 68.5 Å². The predicted molar refractivity (Wildman–Crippen MR) is 115 cm³/mol. The summed E-state index contributed by atoms with van der Waals surface area (Å²) in [7, 11) is 1.34. The van der Waals surface area contributed by atoms with Gasteiger partial charge in [0.25, 0.3) is 5.91 Å². The maximum Gasteiger partial charge on any atom is 0.337 e. The molecule has 5 rings (SSSR count). The highest BCUT2D eigenvalue weighted by atomic mass is 16.5. The first-order valence-corrected chi connectivity index (χ1v) is 10.1. The molecule has 0 bridgehead atoms. The monoisotopic (exact) mass is 399 g/mol. The van der Waals surface area contributed by atoms with Gasteiger partial charge in [0, 0.05) is 28.8 Å². The second-order valence-electron chi connectivity index (χ2n) is 7.58. The molecule has 0 radical (unpaired) electrons. The molecule has 30 heavy (non-hydrogen) atoms. The van der Waals surface area contributed by atoms with Gasteiger partial charge < -0.3 is 14.5 Å². The molecule has 2 heterocycles. The maximum atomic E-state index is 12.7. The Bertz CT molecular complexity index is 1190. The van der Waals surface area contributed by atoms with Crippen LogP contribution in [0.15, 0.2) is 52.9 Å². The average molecular weight is 399 g/mol. The van der Waals surface area contributed by atoms with Crippen LogP contribution in [0.1, 0.15) is 45.8 Å². The first-order chi connectivity index (χ1) is 14.7. The van der Waals surface area contributed by atoms with E-state index in [0.29, 0.717) is 28.1 Å². The summed E-state index contributed by atoms with van der Waals surface area (Å²) in [6, 6.07) is 15.2. The number of aryl methyl sites for hydroxylation is 1. The van der Waals surface area contributed by atoms with E-state index in [0.717, 1.165) is 42.6 Å². The Morgan fingerprint density at radius 2 is 1.90 bits per heavy atom. The van der Waals surface area contributed by atoms with Gasteiger partial charge in [-0.15, -0.1) is 0 Å². The highest BCUT2D eigenvalue weighted by Crippen LogP contribution is 2.41. The lowest BCUT2D eigenvalue weighted by molar-refractivity contribution is -0.110. The van der Waals surface area contributed by atoms with Gasteiger partial charge >= 0.3 is 5.97 Å². The van der Waals surface area contributed by atoms with Crippen molar-refractivity contribution in [1.29, 1.82) is 0 Å². The van der Waals surface area contributed by atoms with E-state index in [1.807, 2.05) is 24.3 Å². The molecule has 0 unspecified atom stereocenters.